The van der Waals surface area contributed by atoms with Crippen molar-refractivity contribution in [1.29, 1.82) is 0 Å². The van der Waals surface area contributed by atoms with Crippen LogP contribution in [0, 0.1) is 0 Å². The van der Waals surface area contributed by atoms with Crippen LogP contribution < -0.4 is 10.9 Å². The number of benzene rings is 2. The summed E-state index contributed by atoms with van der Waals surface area (Å²) in [5.74, 6) is -0.327. The van der Waals surface area contributed by atoms with Gasteiger partial charge in [0.05, 0.1) is 41.4 Å². The number of pyridine rings is 1. The number of carbonyl (C=O) groups is 1. The average Bonchev–Trinajstić information content (AvgIpc) is 3.59. The minimum atomic E-state index is -0.327. The van der Waals surface area contributed by atoms with Gasteiger partial charge in [0.25, 0.3) is 11.5 Å². The fraction of sp³-hybridized carbons (Fsp3) is 0.233. The number of hydrogen-bond acceptors (Lipinski definition) is 5. The zero-order valence-corrected chi connectivity index (χ0v) is 22.5. The largest absolute Gasteiger partial charge is 0.393 e. The normalized spacial score (nSPS) is 14.6. The fourth-order valence-electron chi connectivity index (χ4n) is 5.06. The van der Waals surface area contributed by atoms with Gasteiger partial charge in [0.15, 0.2) is 0 Å². The maximum atomic E-state index is 12.9. The van der Waals surface area contributed by atoms with E-state index in [4.69, 9.17) is 11.6 Å². The van der Waals surface area contributed by atoms with Crippen molar-refractivity contribution < 1.29 is 9.90 Å². The minimum absolute atomic E-state index is 0.192. The molecule has 2 aromatic carbocycles. The SMILES string of the molecule is O=C(Nc1c[nH]c(=O)c(-c2cc3cc(CN4CCC(O)CC4)ccc3[nH]2)c1)c1cnn(Cc2ccc(Cl)cc2)c1. The molecule has 4 N–H and O–H groups in total. The Bertz CT molecular complexity index is 1710. The molecule has 10 heteroatoms. The minimum Gasteiger partial charge on any atom is -0.393 e. The van der Waals surface area contributed by atoms with Gasteiger partial charge in [0.2, 0.25) is 0 Å². The second-order valence-corrected chi connectivity index (χ2v) is 10.7. The van der Waals surface area contributed by atoms with Crippen LogP contribution in [0.2, 0.25) is 5.02 Å². The number of nitrogens with one attached hydrogen (secondary N) is 3. The molecule has 0 bridgehead atoms. The predicted octanol–water partition coefficient (Wildman–Crippen LogP) is 4.63. The van der Waals surface area contributed by atoms with Crippen LogP contribution in [0.4, 0.5) is 5.69 Å². The summed E-state index contributed by atoms with van der Waals surface area (Å²) in [6, 6.07) is 17.3. The van der Waals surface area contributed by atoms with Crippen LogP contribution in [-0.4, -0.2) is 54.9 Å². The molecule has 9 nitrogen and oxygen atoms in total. The fourth-order valence-corrected chi connectivity index (χ4v) is 5.19. The summed E-state index contributed by atoms with van der Waals surface area (Å²) in [6.07, 6.45) is 6.09. The van der Waals surface area contributed by atoms with Crippen LogP contribution in [0.25, 0.3) is 22.2 Å². The standard InChI is InChI=1S/C30H29ClN6O3/c31-23-4-1-19(2-5-23)17-37-18-22(14-33-37)29(39)34-24-13-26(30(40)32-15-24)28-12-21-11-20(3-6-27(21)35-28)16-36-9-7-25(38)8-10-36/h1-6,11-15,18,25,35,38H,7-10,16-17H2,(H,32,40)(H,34,39). The van der Waals surface area contributed by atoms with Crippen LogP contribution >= 0.6 is 11.6 Å². The number of rotatable bonds is 7. The van der Waals surface area contributed by atoms with E-state index in [-0.39, 0.29) is 17.6 Å². The van der Waals surface area contributed by atoms with Gasteiger partial charge in [0.1, 0.15) is 0 Å². The first-order valence-electron chi connectivity index (χ1n) is 13.2. The molecule has 40 heavy (non-hydrogen) atoms. The number of likely N-dealkylation sites (tertiary alicyclic amines) is 1. The monoisotopic (exact) mass is 556 g/mol. The molecule has 0 atom stereocenters. The summed E-state index contributed by atoms with van der Waals surface area (Å²) in [7, 11) is 0. The Labute approximate surface area is 235 Å². The van der Waals surface area contributed by atoms with Crippen molar-refractivity contribution in [3.05, 3.63) is 105 Å². The van der Waals surface area contributed by atoms with Crippen LogP contribution in [0.15, 0.2) is 78.0 Å². The van der Waals surface area contributed by atoms with Gasteiger partial charge in [-0.15, -0.1) is 0 Å². The topological polar surface area (TPSA) is 119 Å². The van der Waals surface area contributed by atoms with Gasteiger partial charge in [-0.25, -0.2) is 0 Å². The third kappa shape index (κ3) is 5.86. The molecule has 0 aliphatic carbocycles. The number of amides is 1. The molecule has 0 saturated carbocycles. The van der Waals surface area contributed by atoms with Gasteiger partial charge >= 0.3 is 0 Å². The number of halogens is 1. The first-order chi connectivity index (χ1) is 19.4. The van der Waals surface area contributed by atoms with Gasteiger partial charge in [-0.05, 0) is 60.4 Å². The van der Waals surface area contributed by atoms with E-state index >= 15 is 0 Å². The predicted molar refractivity (Wildman–Crippen MR) is 156 cm³/mol. The highest BCUT2D eigenvalue weighted by Gasteiger charge is 2.17. The van der Waals surface area contributed by atoms with E-state index in [1.54, 1.807) is 16.9 Å². The Balaban J connectivity index is 1.16. The molecule has 0 unspecified atom stereocenters. The number of anilines is 1. The molecule has 1 amide bonds. The van der Waals surface area contributed by atoms with E-state index < -0.39 is 0 Å². The summed E-state index contributed by atoms with van der Waals surface area (Å²) < 4.78 is 1.68. The van der Waals surface area contributed by atoms with Gasteiger partial charge in [-0.1, -0.05) is 29.8 Å². The van der Waals surface area contributed by atoms with Crippen LogP contribution in [0.3, 0.4) is 0 Å². The van der Waals surface area contributed by atoms with E-state index in [1.165, 1.54) is 18.0 Å². The second-order valence-electron chi connectivity index (χ2n) is 10.3. The highest BCUT2D eigenvalue weighted by atomic mass is 35.5. The van der Waals surface area contributed by atoms with Crippen molar-refractivity contribution in [2.75, 3.05) is 18.4 Å². The van der Waals surface area contributed by atoms with Crippen molar-refractivity contribution in [1.82, 2.24) is 24.6 Å². The third-order valence-corrected chi connectivity index (χ3v) is 7.50. The number of nitrogens with zero attached hydrogens (tertiary/aromatic N) is 3. The lowest BCUT2D eigenvalue weighted by Crippen LogP contribution is -2.35. The molecule has 4 heterocycles. The number of piperidine rings is 1. The van der Waals surface area contributed by atoms with E-state index in [1.807, 2.05) is 36.4 Å². The zero-order valence-electron chi connectivity index (χ0n) is 21.7. The number of aliphatic hydroxyl groups excluding tert-OH is 1. The summed E-state index contributed by atoms with van der Waals surface area (Å²) in [4.78, 5) is 34.0. The van der Waals surface area contributed by atoms with Crippen molar-refractivity contribution >= 4 is 34.1 Å². The molecule has 6 rings (SSSR count). The summed E-state index contributed by atoms with van der Waals surface area (Å²) >= 11 is 5.95. The summed E-state index contributed by atoms with van der Waals surface area (Å²) in [5, 5.41) is 18.6. The molecule has 1 saturated heterocycles. The molecule has 5 aromatic rings. The van der Waals surface area contributed by atoms with E-state index in [0.29, 0.717) is 34.1 Å². The third-order valence-electron chi connectivity index (χ3n) is 7.25. The highest BCUT2D eigenvalue weighted by Crippen LogP contribution is 2.25. The average molecular weight is 557 g/mol. The molecular weight excluding hydrogens is 528 g/mol. The lowest BCUT2D eigenvalue weighted by Gasteiger charge is -2.29. The van der Waals surface area contributed by atoms with Crippen molar-refractivity contribution in [2.45, 2.75) is 32.0 Å². The molecular formula is C30H29ClN6O3. The lowest BCUT2D eigenvalue weighted by atomic mass is 10.1. The Kier molecular flexibility index (Phi) is 7.25. The number of aromatic amines is 2. The van der Waals surface area contributed by atoms with Crippen LogP contribution in [0.1, 0.15) is 34.3 Å². The van der Waals surface area contributed by atoms with Crippen LogP contribution in [0.5, 0.6) is 0 Å². The summed E-state index contributed by atoms with van der Waals surface area (Å²) in [6.45, 7) is 3.10. The number of hydrogen-bond donors (Lipinski definition) is 4. The molecule has 204 valence electrons. The van der Waals surface area contributed by atoms with Crippen molar-refractivity contribution in [3.8, 4) is 11.3 Å². The van der Waals surface area contributed by atoms with E-state index in [9.17, 15) is 14.7 Å². The molecule has 0 radical (unpaired) electrons. The zero-order chi connectivity index (χ0) is 27.6. The molecule has 1 fully saturated rings. The van der Waals surface area contributed by atoms with Crippen LogP contribution in [-0.2, 0) is 13.1 Å². The van der Waals surface area contributed by atoms with Gasteiger partial charge < -0.3 is 20.4 Å². The first-order valence-corrected chi connectivity index (χ1v) is 13.6. The number of H-pyrrole nitrogens is 2. The molecule has 1 aliphatic rings. The Morgan fingerprint density at radius 1 is 1.05 bits per heavy atom. The molecule has 1 aliphatic heterocycles. The van der Waals surface area contributed by atoms with E-state index in [0.717, 1.165) is 48.9 Å². The van der Waals surface area contributed by atoms with Crippen molar-refractivity contribution in [3.63, 3.8) is 0 Å². The Hall–Kier alpha value is -4.18. The van der Waals surface area contributed by atoms with Gasteiger partial charge in [0, 0.05) is 48.0 Å². The number of aromatic nitrogens is 4. The van der Waals surface area contributed by atoms with Crippen molar-refractivity contribution in [2.24, 2.45) is 0 Å². The quantitative estimate of drug-likeness (QED) is 0.233. The highest BCUT2D eigenvalue weighted by molar-refractivity contribution is 6.30. The summed E-state index contributed by atoms with van der Waals surface area (Å²) in [5.41, 5.74) is 4.84. The Morgan fingerprint density at radius 2 is 1.82 bits per heavy atom. The maximum Gasteiger partial charge on any atom is 0.258 e. The van der Waals surface area contributed by atoms with E-state index in [2.05, 4.69) is 37.4 Å². The number of carbonyl (C=O) groups excluding carboxylic acids is 1. The smallest absolute Gasteiger partial charge is 0.258 e. The maximum absolute atomic E-state index is 12.9. The number of aliphatic hydroxyl groups is 1. The van der Waals surface area contributed by atoms with Gasteiger partial charge in [-0.3, -0.25) is 19.2 Å². The van der Waals surface area contributed by atoms with Gasteiger partial charge in [-0.2, -0.15) is 5.10 Å². The lowest BCUT2D eigenvalue weighted by molar-refractivity contribution is 0.0792. The molecule has 3 aromatic heterocycles. The Morgan fingerprint density at radius 3 is 2.62 bits per heavy atom. The second kappa shape index (κ2) is 11.1. The number of fused-ring (bicyclic) bond motifs is 1. The molecule has 0 spiro atoms. The first kappa shape index (κ1) is 26.1.